The number of carbonyl (C=O) groups excluding carboxylic acids is 1. The number of urea groups is 1. The number of hydrogen-bond acceptors (Lipinski definition) is 2. The molecular formula is C14H15ClN2O2. The maximum atomic E-state index is 11.5. The molecule has 100 valence electrons. The number of carbonyl (C=O) groups is 1. The SMILES string of the molecule is O=C(NCCc1ccoc1)NCc1ccc(Cl)cc1. The van der Waals surface area contributed by atoms with Crippen LogP contribution in [-0.4, -0.2) is 12.6 Å². The summed E-state index contributed by atoms with van der Waals surface area (Å²) in [6.45, 7) is 1.06. The van der Waals surface area contributed by atoms with Gasteiger partial charge in [0, 0.05) is 18.1 Å². The number of nitrogens with one attached hydrogen (secondary N) is 2. The van der Waals surface area contributed by atoms with Gasteiger partial charge >= 0.3 is 6.03 Å². The van der Waals surface area contributed by atoms with Gasteiger partial charge in [-0.2, -0.15) is 0 Å². The highest BCUT2D eigenvalue weighted by molar-refractivity contribution is 6.30. The van der Waals surface area contributed by atoms with Gasteiger partial charge < -0.3 is 15.1 Å². The average Bonchev–Trinajstić information content (AvgIpc) is 2.91. The lowest BCUT2D eigenvalue weighted by atomic mass is 10.2. The van der Waals surface area contributed by atoms with Crippen LogP contribution in [0.25, 0.3) is 0 Å². The van der Waals surface area contributed by atoms with Gasteiger partial charge in [-0.1, -0.05) is 23.7 Å². The molecule has 1 heterocycles. The van der Waals surface area contributed by atoms with Crippen molar-refractivity contribution in [2.75, 3.05) is 6.54 Å². The van der Waals surface area contributed by atoms with Gasteiger partial charge in [0.15, 0.2) is 0 Å². The normalized spacial score (nSPS) is 10.2. The Kier molecular flexibility index (Phi) is 4.86. The summed E-state index contributed by atoms with van der Waals surface area (Å²) in [5, 5.41) is 6.25. The topological polar surface area (TPSA) is 54.3 Å². The predicted molar refractivity (Wildman–Crippen MR) is 74.1 cm³/mol. The van der Waals surface area contributed by atoms with Crippen LogP contribution in [0.5, 0.6) is 0 Å². The Morgan fingerprint density at radius 2 is 1.89 bits per heavy atom. The second-order valence-corrected chi connectivity index (χ2v) is 4.55. The minimum Gasteiger partial charge on any atom is -0.472 e. The summed E-state index contributed by atoms with van der Waals surface area (Å²) in [4.78, 5) is 11.5. The van der Waals surface area contributed by atoms with Crippen molar-refractivity contribution in [3.8, 4) is 0 Å². The van der Waals surface area contributed by atoms with E-state index in [1.807, 2.05) is 18.2 Å². The highest BCUT2D eigenvalue weighted by Gasteiger charge is 2.01. The van der Waals surface area contributed by atoms with Crippen molar-refractivity contribution >= 4 is 17.6 Å². The Balaban J connectivity index is 1.65. The van der Waals surface area contributed by atoms with Crippen LogP contribution in [0, 0.1) is 0 Å². The first kappa shape index (κ1) is 13.5. The molecule has 1 aromatic heterocycles. The molecule has 0 saturated carbocycles. The van der Waals surface area contributed by atoms with Crippen LogP contribution in [-0.2, 0) is 13.0 Å². The lowest BCUT2D eigenvalue weighted by Crippen LogP contribution is -2.36. The van der Waals surface area contributed by atoms with Gasteiger partial charge in [0.05, 0.1) is 12.5 Å². The molecule has 2 aromatic rings. The van der Waals surface area contributed by atoms with Crippen molar-refractivity contribution in [2.45, 2.75) is 13.0 Å². The number of rotatable bonds is 5. The second kappa shape index (κ2) is 6.85. The fourth-order valence-electron chi connectivity index (χ4n) is 1.60. The third-order valence-electron chi connectivity index (χ3n) is 2.65. The van der Waals surface area contributed by atoms with Crippen molar-refractivity contribution in [1.82, 2.24) is 10.6 Å². The zero-order valence-corrected chi connectivity index (χ0v) is 11.1. The van der Waals surface area contributed by atoms with Gasteiger partial charge in [-0.25, -0.2) is 4.79 Å². The summed E-state index contributed by atoms with van der Waals surface area (Å²) >= 11 is 5.78. The van der Waals surface area contributed by atoms with Gasteiger partial charge in [-0.3, -0.25) is 0 Å². The van der Waals surface area contributed by atoms with E-state index in [2.05, 4.69) is 10.6 Å². The summed E-state index contributed by atoms with van der Waals surface area (Å²) in [5.74, 6) is 0. The van der Waals surface area contributed by atoms with E-state index in [9.17, 15) is 4.79 Å². The smallest absolute Gasteiger partial charge is 0.315 e. The third-order valence-corrected chi connectivity index (χ3v) is 2.90. The Morgan fingerprint density at radius 3 is 2.58 bits per heavy atom. The van der Waals surface area contributed by atoms with E-state index < -0.39 is 0 Å². The molecule has 0 saturated heterocycles. The molecule has 19 heavy (non-hydrogen) atoms. The van der Waals surface area contributed by atoms with Crippen LogP contribution in [0.15, 0.2) is 47.3 Å². The van der Waals surface area contributed by atoms with Crippen LogP contribution in [0.4, 0.5) is 4.79 Å². The summed E-state index contributed by atoms with van der Waals surface area (Å²) in [6, 6.07) is 9.07. The minimum atomic E-state index is -0.182. The average molecular weight is 279 g/mol. The number of amides is 2. The van der Waals surface area contributed by atoms with Gasteiger partial charge in [0.2, 0.25) is 0 Å². The molecule has 0 aliphatic heterocycles. The lowest BCUT2D eigenvalue weighted by Gasteiger charge is -2.07. The maximum Gasteiger partial charge on any atom is 0.315 e. The van der Waals surface area contributed by atoms with E-state index in [4.69, 9.17) is 16.0 Å². The fourth-order valence-corrected chi connectivity index (χ4v) is 1.73. The molecule has 1 aromatic carbocycles. The summed E-state index contributed by atoms with van der Waals surface area (Å²) in [5.41, 5.74) is 2.08. The zero-order valence-electron chi connectivity index (χ0n) is 10.4. The number of benzene rings is 1. The largest absolute Gasteiger partial charge is 0.472 e. The summed E-state index contributed by atoms with van der Waals surface area (Å²) in [6.07, 6.45) is 4.05. The quantitative estimate of drug-likeness (QED) is 0.883. The number of hydrogen-bond donors (Lipinski definition) is 2. The molecule has 4 nitrogen and oxygen atoms in total. The van der Waals surface area contributed by atoms with E-state index in [0.717, 1.165) is 17.5 Å². The first-order valence-electron chi connectivity index (χ1n) is 6.01. The molecule has 0 atom stereocenters. The van der Waals surface area contributed by atoms with E-state index in [-0.39, 0.29) is 6.03 Å². The molecule has 0 spiro atoms. The molecule has 2 amide bonds. The van der Waals surface area contributed by atoms with Gasteiger partial charge in [0.1, 0.15) is 0 Å². The van der Waals surface area contributed by atoms with Crippen molar-refractivity contribution in [3.05, 3.63) is 59.0 Å². The van der Waals surface area contributed by atoms with Crippen molar-refractivity contribution < 1.29 is 9.21 Å². The molecule has 0 aliphatic rings. The van der Waals surface area contributed by atoms with E-state index in [1.54, 1.807) is 24.7 Å². The number of halogens is 1. The Labute approximate surface area is 116 Å². The molecule has 0 bridgehead atoms. The van der Waals surface area contributed by atoms with E-state index >= 15 is 0 Å². The molecule has 2 N–H and O–H groups in total. The van der Waals surface area contributed by atoms with E-state index in [1.165, 1.54) is 0 Å². The standard InChI is InChI=1S/C14H15ClN2O2/c15-13-3-1-11(2-4-13)9-17-14(18)16-7-5-12-6-8-19-10-12/h1-4,6,8,10H,5,7,9H2,(H2,16,17,18). The van der Waals surface area contributed by atoms with Crippen LogP contribution in [0.3, 0.4) is 0 Å². The first-order valence-corrected chi connectivity index (χ1v) is 6.39. The Bertz CT molecular complexity index is 509. The van der Waals surface area contributed by atoms with Crippen molar-refractivity contribution in [3.63, 3.8) is 0 Å². The van der Waals surface area contributed by atoms with E-state index in [0.29, 0.717) is 18.1 Å². The fraction of sp³-hybridized carbons (Fsp3) is 0.214. The van der Waals surface area contributed by atoms with Gasteiger partial charge in [-0.05, 0) is 35.7 Å². The molecular weight excluding hydrogens is 264 g/mol. The second-order valence-electron chi connectivity index (χ2n) is 4.12. The van der Waals surface area contributed by atoms with Gasteiger partial charge in [0.25, 0.3) is 0 Å². The predicted octanol–water partition coefficient (Wildman–Crippen LogP) is 2.97. The molecule has 0 fully saturated rings. The maximum absolute atomic E-state index is 11.5. The highest BCUT2D eigenvalue weighted by Crippen LogP contribution is 2.08. The minimum absolute atomic E-state index is 0.182. The molecule has 0 unspecified atom stereocenters. The molecule has 5 heteroatoms. The molecule has 0 radical (unpaired) electrons. The monoisotopic (exact) mass is 278 g/mol. The van der Waals surface area contributed by atoms with Crippen LogP contribution < -0.4 is 10.6 Å². The highest BCUT2D eigenvalue weighted by atomic mass is 35.5. The number of furan rings is 1. The van der Waals surface area contributed by atoms with Crippen molar-refractivity contribution in [2.24, 2.45) is 0 Å². The lowest BCUT2D eigenvalue weighted by molar-refractivity contribution is 0.240. The Morgan fingerprint density at radius 1 is 1.11 bits per heavy atom. The molecule has 2 rings (SSSR count). The van der Waals surface area contributed by atoms with Gasteiger partial charge in [-0.15, -0.1) is 0 Å². The van der Waals surface area contributed by atoms with Crippen LogP contribution in [0.2, 0.25) is 5.02 Å². The summed E-state index contributed by atoms with van der Waals surface area (Å²) < 4.78 is 4.95. The molecule has 0 aliphatic carbocycles. The zero-order chi connectivity index (χ0) is 13.5. The summed E-state index contributed by atoms with van der Waals surface area (Å²) in [7, 11) is 0. The first-order chi connectivity index (χ1) is 9.24. The van der Waals surface area contributed by atoms with Crippen LogP contribution in [0.1, 0.15) is 11.1 Å². The Hall–Kier alpha value is -1.94. The third kappa shape index (κ3) is 4.67. The van der Waals surface area contributed by atoms with Crippen molar-refractivity contribution in [1.29, 1.82) is 0 Å². The van der Waals surface area contributed by atoms with Crippen LogP contribution >= 0.6 is 11.6 Å².